The number of halogens is 1. The van der Waals surface area contributed by atoms with Crippen molar-refractivity contribution in [2.75, 3.05) is 23.4 Å². The predicted octanol–water partition coefficient (Wildman–Crippen LogP) is 3.37. The van der Waals surface area contributed by atoms with E-state index in [0.717, 1.165) is 6.42 Å². The summed E-state index contributed by atoms with van der Waals surface area (Å²) in [6, 6.07) is 16.9. The lowest BCUT2D eigenvalue weighted by Crippen LogP contribution is -2.28. The second-order valence-corrected chi connectivity index (χ2v) is 6.56. The van der Waals surface area contributed by atoms with Gasteiger partial charge < -0.3 is 10.6 Å². The molecule has 0 heterocycles. The van der Waals surface area contributed by atoms with Crippen LogP contribution >= 0.6 is 23.4 Å². The van der Waals surface area contributed by atoms with Crippen LogP contribution in [-0.2, 0) is 16.0 Å². The molecule has 0 radical (unpaired) electrons. The van der Waals surface area contributed by atoms with Crippen molar-refractivity contribution < 1.29 is 9.59 Å². The largest absolute Gasteiger partial charge is 0.355 e. The van der Waals surface area contributed by atoms with Gasteiger partial charge in [-0.1, -0.05) is 41.9 Å². The lowest BCUT2D eigenvalue weighted by molar-refractivity contribution is -0.118. The standard InChI is InChI=1S/C18H19ClN2O2S/c19-15-6-8-16(9-7-15)21-18(23)13-24-12-17(22)20-11-10-14-4-2-1-3-5-14/h1-9H,10-13H2,(H,20,22)(H,21,23). The average molecular weight is 363 g/mol. The van der Waals surface area contributed by atoms with Gasteiger partial charge in [0.2, 0.25) is 11.8 Å². The third-order valence-electron chi connectivity index (χ3n) is 3.17. The van der Waals surface area contributed by atoms with E-state index in [9.17, 15) is 9.59 Å². The molecule has 0 aliphatic heterocycles. The smallest absolute Gasteiger partial charge is 0.234 e. The van der Waals surface area contributed by atoms with E-state index in [1.54, 1.807) is 24.3 Å². The van der Waals surface area contributed by atoms with Crippen LogP contribution in [0, 0.1) is 0 Å². The predicted molar refractivity (Wildman–Crippen MR) is 101 cm³/mol. The molecule has 0 fully saturated rings. The van der Waals surface area contributed by atoms with Crippen molar-refractivity contribution in [3.05, 3.63) is 65.2 Å². The Morgan fingerprint density at radius 1 is 0.917 bits per heavy atom. The molecule has 0 saturated carbocycles. The molecule has 4 nitrogen and oxygen atoms in total. The van der Waals surface area contributed by atoms with Gasteiger partial charge in [0.25, 0.3) is 0 Å². The Morgan fingerprint density at radius 3 is 2.29 bits per heavy atom. The van der Waals surface area contributed by atoms with Crippen LogP contribution in [-0.4, -0.2) is 29.9 Å². The van der Waals surface area contributed by atoms with E-state index in [1.165, 1.54) is 17.3 Å². The van der Waals surface area contributed by atoms with Crippen LogP contribution in [0.5, 0.6) is 0 Å². The monoisotopic (exact) mass is 362 g/mol. The van der Waals surface area contributed by atoms with Crippen molar-refractivity contribution >= 4 is 40.9 Å². The third-order valence-corrected chi connectivity index (χ3v) is 4.36. The van der Waals surface area contributed by atoms with Gasteiger partial charge in [-0.05, 0) is 36.2 Å². The second kappa shape index (κ2) is 10.0. The van der Waals surface area contributed by atoms with Gasteiger partial charge in [0.1, 0.15) is 0 Å². The minimum absolute atomic E-state index is 0.0600. The van der Waals surface area contributed by atoms with Gasteiger partial charge in [-0.25, -0.2) is 0 Å². The summed E-state index contributed by atoms with van der Waals surface area (Å²) in [7, 11) is 0. The molecule has 0 unspecified atom stereocenters. The van der Waals surface area contributed by atoms with E-state index in [-0.39, 0.29) is 23.3 Å². The van der Waals surface area contributed by atoms with E-state index in [4.69, 9.17) is 11.6 Å². The van der Waals surface area contributed by atoms with Crippen LogP contribution in [0.3, 0.4) is 0 Å². The first-order chi connectivity index (χ1) is 11.6. The number of anilines is 1. The van der Waals surface area contributed by atoms with Gasteiger partial charge in [-0.3, -0.25) is 9.59 Å². The van der Waals surface area contributed by atoms with E-state index in [0.29, 0.717) is 17.3 Å². The molecule has 0 atom stereocenters. The maximum atomic E-state index is 11.8. The van der Waals surface area contributed by atoms with Crippen molar-refractivity contribution in [3.63, 3.8) is 0 Å². The lowest BCUT2D eigenvalue weighted by Gasteiger charge is -2.06. The Bertz CT molecular complexity index is 662. The highest BCUT2D eigenvalue weighted by molar-refractivity contribution is 8.00. The minimum atomic E-state index is -0.139. The topological polar surface area (TPSA) is 58.2 Å². The Hall–Kier alpha value is -1.98. The molecule has 2 rings (SSSR count). The lowest BCUT2D eigenvalue weighted by atomic mass is 10.1. The Kier molecular flexibility index (Phi) is 7.65. The molecule has 0 aromatic heterocycles. The summed E-state index contributed by atoms with van der Waals surface area (Å²) in [5.41, 5.74) is 1.88. The van der Waals surface area contributed by atoms with E-state index in [1.807, 2.05) is 30.3 Å². The van der Waals surface area contributed by atoms with Gasteiger partial charge in [-0.2, -0.15) is 0 Å². The van der Waals surface area contributed by atoms with Crippen molar-refractivity contribution in [1.82, 2.24) is 5.32 Å². The molecule has 2 aromatic rings. The number of hydrogen-bond donors (Lipinski definition) is 2. The molecule has 0 aliphatic carbocycles. The molecule has 6 heteroatoms. The molecule has 24 heavy (non-hydrogen) atoms. The molecule has 126 valence electrons. The number of rotatable bonds is 8. The number of nitrogens with one attached hydrogen (secondary N) is 2. The molecular weight excluding hydrogens is 344 g/mol. The van der Waals surface area contributed by atoms with Crippen molar-refractivity contribution in [2.24, 2.45) is 0 Å². The zero-order chi connectivity index (χ0) is 17.2. The fourth-order valence-corrected chi connectivity index (χ4v) is 2.78. The number of thioether (sulfide) groups is 1. The summed E-state index contributed by atoms with van der Waals surface area (Å²) in [4.78, 5) is 23.5. The van der Waals surface area contributed by atoms with Crippen LogP contribution in [0.2, 0.25) is 5.02 Å². The van der Waals surface area contributed by atoms with Crippen LogP contribution < -0.4 is 10.6 Å². The summed E-state index contributed by atoms with van der Waals surface area (Å²) >= 11 is 7.07. The van der Waals surface area contributed by atoms with Crippen molar-refractivity contribution in [3.8, 4) is 0 Å². The fourth-order valence-electron chi connectivity index (χ4n) is 2.01. The number of benzene rings is 2. The number of hydrogen-bond acceptors (Lipinski definition) is 3. The molecule has 0 bridgehead atoms. The first-order valence-corrected chi connectivity index (χ1v) is 9.10. The second-order valence-electron chi connectivity index (χ2n) is 5.13. The van der Waals surface area contributed by atoms with Gasteiger partial charge in [-0.15, -0.1) is 11.8 Å². The minimum Gasteiger partial charge on any atom is -0.355 e. The average Bonchev–Trinajstić information content (AvgIpc) is 2.58. The van der Waals surface area contributed by atoms with Gasteiger partial charge in [0.05, 0.1) is 11.5 Å². The van der Waals surface area contributed by atoms with Gasteiger partial charge in [0, 0.05) is 17.3 Å². The Morgan fingerprint density at radius 2 is 1.58 bits per heavy atom. The highest BCUT2D eigenvalue weighted by Crippen LogP contribution is 2.13. The third kappa shape index (κ3) is 7.06. The SMILES string of the molecule is O=C(CSCC(=O)Nc1ccc(Cl)cc1)NCCc1ccccc1. The fraction of sp³-hybridized carbons (Fsp3) is 0.222. The highest BCUT2D eigenvalue weighted by Gasteiger charge is 2.06. The van der Waals surface area contributed by atoms with Crippen molar-refractivity contribution in [1.29, 1.82) is 0 Å². The molecular formula is C18H19ClN2O2S. The maximum Gasteiger partial charge on any atom is 0.234 e. The van der Waals surface area contributed by atoms with Crippen LogP contribution in [0.4, 0.5) is 5.69 Å². The number of amides is 2. The quantitative estimate of drug-likeness (QED) is 0.757. The zero-order valence-corrected chi connectivity index (χ0v) is 14.7. The first kappa shape index (κ1) is 18.4. The normalized spacial score (nSPS) is 10.2. The summed E-state index contributed by atoms with van der Waals surface area (Å²) in [5.74, 6) is 0.298. The number of carbonyl (C=O) groups excluding carboxylic acids is 2. The summed E-state index contributed by atoms with van der Waals surface area (Å²) in [6.45, 7) is 0.598. The zero-order valence-electron chi connectivity index (χ0n) is 13.1. The Balaban J connectivity index is 1.58. The molecule has 0 spiro atoms. The van der Waals surface area contributed by atoms with E-state index >= 15 is 0 Å². The summed E-state index contributed by atoms with van der Waals surface area (Å²) < 4.78 is 0. The molecule has 0 aliphatic rings. The first-order valence-electron chi connectivity index (χ1n) is 7.57. The number of carbonyl (C=O) groups is 2. The highest BCUT2D eigenvalue weighted by atomic mass is 35.5. The summed E-state index contributed by atoms with van der Waals surface area (Å²) in [6.07, 6.45) is 0.800. The molecule has 2 aromatic carbocycles. The molecule has 2 amide bonds. The summed E-state index contributed by atoms with van der Waals surface area (Å²) in [5, 5.41) is 6.23. The van der Waals surface area contributed by atoms with Crippen molar-refractivity contribution in [2.45, 2.75) is 6.42 Å². The van der Waals surface area contributed by atoms with Crippen LogP contribution in [0.1, 0.15) is 5.56 Å². The molecule has 0 saturated heterocycles. The van der Waals surface area contributed by atoms with Gasteiger partial charge in [0.15, 0.2) is 0 Å². The van der Waals surface area contributed by atoms with Crippen LogP contribution in [0.15, 0.2) is 54.6 Å². The molecule has 2 N–H and O–H groups in total. The Labute approximate surface area is 151 Å². The van der Waals surface area contributed by atoms with E-state index < -0.39 is 0 Å². The van der Waals surface area contributed by atoms with Crippen LogP contribution in [0.25, 0.3) is 0 Å². The van der Waals surface area contributed by atoms with Gasteiger partial charge >= 0.3 is 0 Å². The maximum absolute atomic E-state index is 11.8. The van der Waals surface area contributed by atoms with E-state index in [2.05, 4.69) is 10.6 Å².